The molecule has 0 spiro atoms. The molecule has 0 saturated carbocycles. The smallest absolute Gasteiger partial charge is 0.305 e. The van der Waals surface area contributed by atoms with E-state index < -0.39 is 0 Å². The molecule has 1 aliphatic carbocycles. The van der Waals surface area contributed by atoms with Gasteiger partial charge >= 0.3 is 4.87 Å². The SMILES string of the molecule is O=c1[nH]c2ccc(Nc3ncnc4[nH]c5c(c34)CCCC5)cc2s1. The Bertz CT molecular complexity index is 1120. The van der Waals surface area contributed by atoms with E-state index in [2.05, 4.69) is 25.3 Å². The molecule has 3 aromatic heterocycles. The number of aryl methyl sites for hydroxylation is 2. The van der Waals surface area contributed by atoms with Crippen LogP contribution in [0.1, 0.15) is 24.1 Å². The molecule has 0 atom stereocenters. The molecular formula is C17H15N5OS. The first-order valence-electron chi connectivity index (χ1n) is 8.02. The van der Waals surface area contributed by atoms with Crippen LogP contribution in [-0.2, 0) is 12.8 Å². The highest BCUT2D eigenvalue weighted by Gasteiger charge is 2.19. The van der Waals surface area contributed by atoms with Gasteiger partial charge in [-0.3, -0.25) is 4.79 Å². The van der Waals surface area contributed by atoms with E-state index in [0.29, 0.717) is 0 Å². The Morgan fingerprint density at radius 2 is 2.04 bits per heavy atom. The summed E-state index contributed by atoms with van der Waals surface area (Å²) in [6.07, 6.45) is 6.15. The van der Waals surface area contributed by atoms with Gasteiger partial charge in [0, 0.05) is 11.4 Å². The molecule has 5 rings (SSSR count). The van der Waals surface area contributed by atoms with E-state index in [9.17, 15) is 4.79 Å². The third-order valence-corrected chi connectivity index (χ3v) is 5.42. The number of thiazole rings is 1. The minimum Gasteiger partial charge on any atom is -0.343 e. The predicted molar refractivity (Wildman–Crippen MR) is 96.3 cm³/mol. The molecule has 3 heterocycles. The quantitative estimate of drug-likeness (QED) is 0.523. The molecule has 1 aliphatic rings. The Hall–Kier alpha value is -2.67. The van der Waals surface area contributed by atoms with Crippen LogP contribution >= 0.6 is 11.3 Å². The highest BCUT2D eigenvalue weighted by molar-refractivity contribution is 7.16. The molecule has 0 radical (unpaired) electrons. The number of fused-ring (bicyclic) bond motifs is 4. The number of H-pyrrole nitrogens is 2. The lowest BCUT2D eigenvalue weighted by Gasteiger charge is -2.12. The van der Waals surface area contributed by atoms with Gasteiger partial charge in [0.2, 0.25) is 0 Å². The highest BCUT2D eigenvalue weighted by Crippen LogP contribution is 2.33. The van der Waals surface area contributed by atoms with E-state index in [1.54, 1.807) is 6.33 Å². The summed E-state index contributed by atoms with van der Waals surface area (Å²) in [6, 6.07) is 5.85. The molecule has 1 aromatic carbocycles. The summed E-state index contributed by atoms with van der Waals surface area (Å²) >= 11 is 1.21. The van der Waals surface area contributed by atoms with E-state index in [-0.39, 0.29) is 4.87 Å². The number of benzene rings is 1. The number of rotatable bonds is 2. The van der Waals surface area contributed by atoms with Gasteiger partial charge in [-0.25, -0.2) is 9.97 Å². The summed E-state index contributed by atoms with van der Waals surface area (Å²) in [5, 5.41) is 4.50. The first-order valence-corrected chi connectivity index (χ1v) is 8.84. The van der Waals surface area contributed by atoms with Crippen LogP contribution in [0.5, 0.6) is 0 Å². The third kappa shape index (κ3) is 2.12. The Morgan fingerprint density at radius 1 is 1.12 bits per heavy atom. The summed E-state index contributed by atoms with van der Waals surface area (Å²) < 4.78 is 0.936. The average molecular weight is 337 g/mol. The van der Waals surface area contributed by atoms with Crippen molar-refractivity contribution in [3.05, 3.63) is 45.5 Å². The maximum absolute atomic E-state index is 11.5. The third-order valence-electron chi connectivity index (χ3n) is 4.57. The monoisotopic (exact) mass is 337 g/mol. The minimum absolute atomic E-state index is 0.0359. The van der Waals surface area contributed by atoms with E-state index in [4.69, 9.17) is 0 Å². The first kappa shape index (κ1) is 13.7. The van der Waals surface area contributed by atoms with Crippen LogP contribution in [0.25, 0.3) is 21.3 Å². The Balaban J connectivity index is 1.62. The summed E-state index contributed by atoms with van der Waals surface area (Å²) in [5.41, 5.74) is 5.31. The maximum atomic E-state index is 11.5. The summed E-state index contributed by atoms with van der Waals surface area (Å²) in [4.78, 5) is 26.6. The van der Waals surface area contributed by atoms with Crippen LogP contribution in [0.2, 0.25) is 0 Å². The molecule has 7 heteroatoms. The van der Waals surface area contributed by atoms with Crippen LogP contribution in [0, 0.1) is 0 Å². The lowest BCUT2D eigenvalue weighted by molar-refractivity contribution is 0.680. The Kier molecular flexibility index (Phi) is 2.96. The van der Waals surface area contributed by atoms with Crippen molar-refractivity contribution in [1.29, 1.82) is 0 Å². The second kappa shape index (κ2) is 5.17. The zero-order valence-corrected chi connectivity index (χ0v) is 13.7. The number of aromatic amines is 2. The fraction of sp³-hybridized carbons (Fsp3) is 0.235. The molecule has 0 aliphatic heterocycles. The predicted octanol–water partition coefficient (Wildman–Crippen LogP) is 3.48. The van der Waals surface area contributed by atoms with Gasteiger partial charge in [0.1, 0.15) is 17.8 Å². The van der Waals surface area contributed by atoms with Gasteiger partial charge in [-0.15, -0.1) is 0 Å². The van der Waals surface area contributed by atoms with Gasteiger partial charge in [0.05, 0.1) is 15.6 Å². The van der Waals surface area contributed by atoms with E-state index in [1.165, 1.54) is 35.4 Å². The number of nitrogens with zero attached hydrogens (tertiary/aromatic N) is 2. The molecule has 6 nitrogen and oxygen atoms in total. The summed E-state index contributed by atoms with van der Waals surface area (Å²) in [7, 11) is 0. The van der Waals surface area contributed by atoms with Gasteiger partial charge in [0.25, 0.3) is 0 Å². The van der Waals surface area contributed by atoms with Crippen molar-refractivity contribution in [3.63, 3.8) is 0 Å². The van der Waals surface area contributed by atoms with Crippen molar-refractivity contribution in [2.45, 2.75) is 25.7 Å². The van der Waals surface area contributed by atoms with Crippen molar-refractivity contribution < 1.29 is 0 Å². The molecule has 3 N–H and O–H groups in total. The van der Waals surface area contributed by atoms with Crippen LogP contribution in [0.3, 0.4) is 0 Å². The molecule has 4 aromatic rings. The second-order valence-corrected chi connectivity index (χ2v) is 7.10. The van der Waals surface area contributed by atoms with Gasteiger partial charge in [-0.05, 0) is 49.4 Å². The van der Waals surface area contributed by atoms with Crippen LogP contribution in [0.4, 0.5) is 11.5 Å². The lowest BCUT2D eigenvalue weighted by Crippen LogP contribution is -2.01. The molecule has 0 fully saturated rings. The number of hydrogen-bond donors (Lipinski definition) is 3. The second-order valence-electron chi connectivity index (χ2n) is 6.09. The molecular weight excluding hydrogens is 322 g/mol. The molecule has 0 unspecified atom stereocenters. The van der Waals surface area contributed by atoms with Gasteiger partial charge in [0.15, 0.2) is 0 Å². The van der Waals surface area contributed by atoms with Gasteiger partial charge in [-0.2, -0.15) is 0 Å². The zero-order valence-electron chi connectivity index (χ0n) is 12.8. The summed E-state index contributed by atoms with van der Waals surface area (Å²) in [6.45, 7) is 0. The molecule has 24 heavy (non-hydrogen) atoms. The Labute approximate surface area is 141 Å². The normalized spacial score (nSPS) is 14.2. The van der Waals surface area contributed by atoms with Crippen molar-refractivity contribution in [3.8, 4) is 0 Å². The number of hydrogen-bond acceptors (Lipinski definition) is 5. The Morgan fingerprint density at radius 3 is 3.00 bits per heavy atom. The number of aromatic nitrogens is 4. The van der Waals surface area contributed by atoms with Crippen LogP contribution in [-0.4, -0.2) is 19.9 Å². The van der Waals surface area contributed by atoms with Crippen molar-refractivity contribution in [2.75, 3.05) is 5.32 Å². The molecule has 0 bridgehead atoms. The fourth-order valence-electron chi connectivity index (χ4n) is 3.48. The topological polar surface area (TPSA) is 86.5 Å². The fourth-order valence-corrected chi connectivity index (χ4v) is 4.26. The average Bonchev–Trinajstić information content (AvgIpc) is 3.14. The lowest BCUT2D eigenvalue weighted by atomic mass is 9.96. The summed E-state index contributed by atoms with van der Waals surface area (Å²) in [5.74, 6) is 0.821. The molecule has 0 amide bonds. The van der Waals surface area contributed by atoms with Crippen molar-refractivity contribution in [2.24, 2.45) is 0 Å². The minimum atomic E-state index is -0.0359. The number of nitrogens with one attached hydrogen (secondary N) is 3. The molecule has 120 valence electrons. The van der Waals surface area contributed by atoms with Crippen molar-refractivity contribution >= 4 is 44.1 Å². The standard InChI is InChI=1S/C17H15N5OS/c23-17-22-12-6-5-9(7-13(12)24-17)20-15-14-10-3-1-2-4-11(10)21-16(14)19-8-18-15/h5-8H,1-4H2,(H,22,23)(H2,18,19,20,21). The highest BCUT2D eigenvalue weighted by atomic mass is 32.1. The van der Waals surface area contributed by atoms with E-state index in [1.807, 2.05) is 18.2 Å². The van der Waals surface area contributed by atoms with Crippen molar-refractivity contribution in [1.82, 2.24) is 19.9 Å². The van der Waals surface area contributed by atoms with Gasteiger partial charge in [-0.1, -0.05) is 11.3 Å². The van der Waals surface area contributed by atoms with Gasteiger partial charge < -0.3 is 15.3 Å². The molecule has 0 saturated heterocycles. The number of anilines is 2. The largest absolute Gasteiger partial charge is 0.343 e. The van der Waals surface area contributed by atoms with E-state index >= 15 is 0 Å². The van der Waals surface area contributed by atoms with E-state index in [0.717, 1.165) is 45.6 Å². The first-order chi connectivity index (χ1) is 11.8. The van der Waals surface area contributed by atoms with Crippen LogP contribution < -0.4 is 10.2 Å². The van der Waals surface area contributed by atoms with Crippen LogP contribution in [0.15, 0.2) is 29.3 Å². The zero-order chi connectivity index (χ0) is 16.1. The maximum Gasteiger partial charge on any atom is 0.305 e.